The molecule has 1 aliphatic rings. The summed E-state index contributed by atoms with van der Waals surface area (Å²) in [6, 6.07) is 6.40. The molecule has 0 aliphatic heterocycles. The number of carbonyl (C=O) groups is 1. The van der Waals surface area contributed by atoms with Crippen LogP contribution in [0.25, 0.3) is 6.08 Å². The predicted octanol–water partition coefficient (Wildman–Crippen LogP) is 3.97. The molecule has 1 aromatic rings. The number of nitriles is 1. The quantitative estimate of drug-likeness (QED) is 0.678. The van der Waals surface area contributed by atoms with Gasteiger partial charge in [0.25, 0.3) is 5.91 Å². The zero-order chi connectivity index (χ0) is 16.1. The third kappa shape index (κ3) is 3.98. The number of carbonyl (C=O) groups excluding carboxylic acids is 1. The zero-order valence-electron chi connectivity index (χ0n) is 13.7. The first-order valence-corrected chi connectivity index (χ1v) is 8.01. The van der Waals surface area contributed by atoms with Crippen LogP contribution in [0.5, 0.6) is 0 Å². The van der Waals surface area contributed by atoms with Crippen molar-refractivity contribution in [2.45, 2.75) is 58.9 Å². The first-order valence-electron chi connectivity index (χ1n) is 8.01. The Bertz CT molecular complexity index is 632. The van der Waals surface area contributed by atoms with Crippen LogP contribution >= 0.6 is 0 Å². The highest BCUT2D eigenvalue weighted by molar-refractivity contribution is 6.02. The lowest BCUT2D eigenvalue weighted by Gasteiger charge is -2.22. The van der Waals surface area contributed by atoms with Gasteiger partial charge in [0, 0.05) is 6.04 Å². The van der Waals surface area contributed by atoms with Crippen molar-refractivity contribution in [2.24, 2.45) is 0 Å². The summed E-state index contributed by atoms with van der Waals surface area (Å²) in [7, 11) is 0. The molecule has 0 unspecified atom stereocenters. The molecular formula is C19H24N2O. The monoisotopic (exact) mass is 296 g/mol. The SMILES string of the molecule is Cc1cc(C)c(/C=C(\C#N)C(=O)NC2CCCCC2)cc1C. The maximum Gasteiger partial charge on any atom is 0.262 e. The van der Waals surface area contributed by atoms with E-state index in [1.165, 1.54) is 17.5 Å². The predicted molar refractivity (Wildman–Crippen MR) is 89.3 cm³/mol. The molecule has 0 bridgehead atoms. The molecule has 1 N–H and O–H groups in total. The molecule has 2 rings (SSSR count). The number of amides is 1. The minimum absolute atomic E-state index is 0.192. The average Bonchev–Trinajstić information content (AvgIpc) is 2.50. The van der Waals surface area contributed by atoms with E-state index in [0.717, 1.165) is 36.8 Å². The maximum atomic E-state index is 12.3. The maximum absolute atomic E-state index is 12.3. The number of hydrogen-bond donors (Lipinski definition) is 1. The molecule has 0 saturated heterocycles. The molecule has 0 heterocycles. The van der Waals surface area contributed by atoms with E-state index in [4.69, 9.17) is 0 Å². The van der Waals surface area contributed by atoms with Gasteiger partial charge in [-0.2, -0.15) is 5.26 Å². The molecular weight excluding hydrogens is 272 g/mol. The van der Waals surface area contributed by atoms with E-state index in [-0.39, 0.29) is 17.5 Å². The number of hydrogen-bond acceptors (Lipinski definition) is 2. The molecule has 116 valence electrons. The van der Waals surface area contributed by atoms with Gasteiger partial charge in [-0.1, -0.05) is 31.4 Å². The Morgan fingerprint density at radius 1 is 1.14 bits per heavy atom. The van der Waals surface area contributed by atoms with Crippen molar-refractivity contribution in [1.29, 1.82) is 5.26 Å². The molecule has 22 heavy (non-hydrogen) atoms. The number of nitrogens with one attached hydrogen (secondary N) is 1. The fraction of sp³-hybridized carbons (Fsp3) is 0.474. The van der Waals surface area contributed by atoms with Crippen LogP contribution in [0.3, 0.4) is 0 Å². The van der Waals surface area contributed by atoms with Crippen molar-refractivity contribution in [3.63, 3.8) is 0 Å². The Labute approximate surface area is 133 Å². The minimum atomic E-state index is -0.243. The van der Waals surface area contributed by atoms with E-state index in [1.54, 1.807) is 6.08 Å². The van der Waals surface area contributed by atoms with Gasteiger partial charge in [-0.15, -0.1) is 0 Å². The Hall–Kier alpha value is -2.08. The lowest BCUT2D eigenvalue weighted by molar-refractivity contribution is -0.117. The Balaban J connectivity index is 2.18. The van der Waals surface area contributed by atoms with Crippen LogP contribution in [-0.2, 0) is 4.79 Å². The molecule has 3 heteroatoms. The zero-order valence-corrected chi connectivity index (χ0v) is 13.7. The van der Waals surface area contributed by atoms with Crippen molar-refractivity contribution in [3.8, 4) is 6.07 Å². The highest BCUT2D eigenvalue weighted by atomic mass is 16.1. The molecule has 3 nitrogen and oxygen atoms in total. The fourth-order valence-corrected chi connectivity index (χ4v) is 2.95. The van der Waals surface area contributed by atoms with Crippen LogP contribution in [0, 0.1) is 32.1 Å². The second kappa shape index (κ2) is 7.26. The van der Waals surface area contributed by atoms with Gasteiger partial charge >= 0.3 is 0 Å². The first kappa shape index (κ1) is 16.3. The van der Waals surface area contributed by atoms with Crippen LogP contribution in [-0.4, -0.2) is 11.9 Å². The van der Waals surface area contributed by atoms with E-state index < -0.39 is 0 Å². The Kier molecular flexibility index (Phi) is 5.38. The highest BCUT2D eigenvalue weighted by Crippen LogP contribution is 2.20. The van der Waals surface area contributed by atoms with Gasteiger partial charge in [-0.25, -0.2) is 0 Å². The standard InChI is InChI=1S/C19H24N2O/c1-13-9-15(3)16(10-14(13)2)11-17(12-20)19(22)21-18-7-5-4-6-8-18/h9-11,18H,4-8H2,1-3H3,(H,21,22)/b17-11+. The second-order valence-corrected chi connectivity index (χ2v) is 6.27. The number of rotatable bonds is 3. The summed E-state index contributed by atoms with van der Waals surface area (Å²) in [5.41, 5.74) is 4.61. The van der Waals surface area contributed by atoms with Gasteiger partial charge in [0.2, 0.25) is 0 Å². The fourth-order valence-electron chi connectivity index (χ4n) is 2.95. The summed E-state index contributed by atoms with van der Waals surface area (Å²) in [6.07, 6.45) is 7.31. The molecule has 1 saturated carbocycles. The number of aryl methyl sites for hydroxylation is 3. The van der Waals surface area contributed by atoms with Crippen molar-refractivity contribution >= 4 is 12.0 Å². The van der Waals surface area contributed by atoms with Crippen molar-refractivity contribution in [3.05, 3.63) is 40.0 Å². The van der Waals surface area contributed by atoms with Gasteiger partial charge in [0.1, 0.15) is 11.6 Å². The summed E-state index contributed by atoms with van der Waals surface area (Å²) in [5, 5.41) is 12.3. The summed E-state index contributed by atoms with van der Waals surface area (Å²) in [5.74, 6) is -0.243. The molecule has 0 atom stereocenters. The number of benzene rings is 1. The third-order valence-corrected chi connectivity index (χ3v) is 4.49. The smallest absolute Gasteiger partial charge is 0.262 e. The highest BCUT2D eigenvalue weighted by Gasteiger charge is 2.18. The molecule has 0 radical (unpaired) electrons. The molecule has 0 aromatic heterocycles. The van der Waals surface area contributed by atoms with Gasteiger partial charge < -0.3 is 5.32 Å². The molecule has 0 spiro atoms. The van der Waals surface area contributed by atoms with Gasteiger partial charge in [-0.3, -0.25) is 4.79 Å². The average molecular weight is 296 g/mol. The molecule has 1 aliphatic carbocycles. The van der Waals surface area contributed by atoms with Crippen LogP contribution < -0.4 is 5.32 Å². The lowest BCUT2D eigenvalue weighted by atomic mass is 9.95. The topological polar surface area (TPSA) is 52.9 Å². The first-order chi connectivity index (χ1) is 10.5. The largest absolute Gasteiger partial charge is 0.349 e. The van der Waals surface area contributed by atoms with Gasteiger partial charge in [0.05, 0.1) is 0 Å². The summed E-state index contributed by atoms with van der Waals surface area (Å²) < 4.78 is 0. The van der Waals surface area contributed by atoms with Crippen molar-refractivity contribution in [1.82, 2.24) is 5.32 Å². The minimum Gasteiger partial charge on any atom is -0.349 e. The van der Waals surface area contributed by atoms with Crippen molar-refractivity contribution < 1.29 is 4.79 Å². The normalized spacial score (nSPS) is 16.2. The summed E-state index contributed by atoms with van der Waals surface area (Å²) >= 11 is 0. The molecule has 1 amide bonds. The van der Waals surface area contributed by atoms with Crippen LogP contribution in [0.2, 0.25) is 0 Å². The van der Waals surface area contributed by atoms with E-state index in [9.17, 15) is 10.1 Å². The van der Waals surface area contributed by atoms with Crippen LogP contribution in [0.15, 0.2) is 17.7 Å². The van der Waals surface area contributed by atoms with E-state index in [0.29, 0.717) is 0 Å². The lowest BCUT2D eigenvalue weighted by Crippen LogP contribution is -2.36. The Morgan fingerprint density at radius 2 is 1.77 bits per heavy atom. The third-order valence-electron chi connectivity index (χ3n) is 4.49. The summed E-state index contributed by atoms with van der Waals surface area (Å²) in [4.78, 5) is 12.3. The second-order valence-electron chi connectivity index (χ2n) is 6.27. The van der Waals surface area contributed by atoms with Crippen molar-refractivity contribution in [2.75, 3.05) is 0 Å². The van der Waals surface area contributed by atoms with Crippen LogP contribution in [0.1, 0.15) is 54.4 Å². The molecule has 1 fully saturated rings. The van der Waals surface area contributed by atoms with E-state index in [2.05, 4.69) is 24.4 Å². The van der Waals surface area contributed by atoms with E-state index in [1.807, 2.05) is 19.9 Å². The number of nitrogens with zero attached hydrogens (tertiary/aromatic N) is 1. The van der Waals surface area contributed by atoms with Gasteiger partial charge in [0.15, 0.2) is 0 Å². The van der Waals surface area contributed by atoms with Crippen LogP contribution in [0.4, 0.5) is 0 Å². The van der Waals surface area contributed by atoms with E-state index >= 15 is 0 Å². The molecule has 1 aromatic carbocycles. The Morgan fingerprint density at radius 3 is 2.41 bits per heavy atom. The van der Waals surface area contributed by atoms with Gasteiger partial charge in [-0.05, 0) is 61.9 Å². The summed E-state index contributed by atoms with van der Waals surface area (Å²) in [6.45, 7) is 6.11.